The molecule has 0 aliphatic rings. The first-order chi connectivity index (χ1) is 14.5. The van der Waals surface area contributed by atoms with Gasteiger partial charge in [0, 0.05) is 5.56 Å². The predicted octanol–water partition coefficient (Wildman–Crippen LogP) is 2.86. The van der Waals surface area contributed by atoms with E-state index in [0.29, 0.717) is 22.8 Å². The summed E-state index contributed by atoms with van der Waals surface area (Å²) in [6, 6.07) is 14.8. The third kappa shape index (κ3) is 4.78. The summed E-state index contributed by atoms with van der Waals surface area (Å²) in [4.78, 5) is 23.6. The molecule has 0 aliphatic heterocycles. The van der Waals surface area contributed by atoms with Crippen LogP contribution in [0.5, 0.6) is 11.5 Å². The van der Waals surface area contributed by atoms with Gasteiger partial charge in [0.25, 0.3) is 0 Å². The number of hydrogen-bond donors (Lipinski definition) is 1. The van der Waals surface area contributed by atoms with Crippen molar-refractivity contribution in [2.75, 3.05) is 27.9 Å². The number of nitrogens with zero attached hydrogens (tertiary/aromatic N) is 1. The fraction of sp³-hybridized carbons (Fsp3) is 0.227. The van der Waals surface area contributed by atoms with Crippen LogP contribution in [0, 0.1) is 0 Å². The van der Waals surface area contributed by atoms with E-state index in [1.165, 1.54) is 7.11 Å². The van der Waals surface area contributed by atoms with E-state index >= 15 is 0 Å². The Hall–Kier alpha value is -3.81. The quantitative estimate of drug-likeness (QED) is 0.570. The van der Waals surface area contributed by atoms with E-state index in [2.05, 4.69) is 15.2 Å². The number of aromatic nitrogens is 1. The maximum Gasteiger partial charge on any atom is 0.325 e. The molecule has 30 heavy (non-hydrogen) atoms. The lowest BCUT2D eigenvalue weighted by Crippen LogP contribution is -2.31. The van der Waals surface area contributed by atoms with Crippen LogP contribution < -0.4 is 14.8 Å². The molecule has 0 aliphatic carbocycles. The second-order valence-electron chi connectivity index (χ2n) is 6.32. The van der Waals surface area contributed by atoms with Gasteiger partial charge in [0.05, 0.1) is 33.3 Å². The summed E-state index contributed by atoms with van der Waals surface area (Å²) in [7, 11) is 4.45. The van der Waals surface area contributed by atoms with Crippen molar-refractivity contribution >= 4 is 11.9 Å². The highest BCUT2D eigenvalue weighted by Crippen LogP contribution is 2.36. The Balaban J connectivity index is 1.96. The van der Waals surface area contributed by atoms with Crippen molar-refractivity contribution in [1.29, 1.82) is 0 Å². The Morgan fingerprint density at radius 3 is 2.00 bits per heavy atom. The minimum atomic E-state index is -0.532. The number of rotatable bonds is 8. The number of amides is 1. The van der Waals surface area contributed by atoms with Gasteiger partial charge in [0.15, 0.2) is 5.76 Å². The van der Waals surface area contributed by atoms with Gasteiger partial charge in [0.1, 0.15) is 23.7 Å². The van der Waals surface area contributed by atoms with Gasteiger partial charge in [-0.25, -0.2) is 0 Å². The molecule has 1 aromatic heterocycles. The van der Waals surface area contributed by atoms with E-state index in [4.69, 9.17) is 14.0 Å². The largest absolute Gasteiger partial charge is 0.497 e. The lowest BCUT2D eigenvalue weighted by molar-refractivity contribution is -0.141. The first-order valence-electron chi connectivity index (χ1n) is 9.16. The van der Waals surface area contributed by atoms with Gasteiger partial charge in [0.2, 0.25) is 5.91 Å². The van der Waals surface area contributed by atoms with Crippen LogP contribution in [0.15, 0.2) is 53.1 Å². The topological polar surface area (TPSA) is 99.9 Å². The highest BCUT2D eigenvalue weighted by atomic mass is 16.5. The molecule has 0 atom stereocenters. The highest BCUT2D eigenvalue weighted by Gasteiger charge is 2.22. The number of methoxy groups -OCH3 is 3. The van der Waals surface area contributed by atoms with Crippen molar-refractivity contribution in [3.05, 3.63) is 54.3 Å². The van der Waals surface area contributed by atoms with E-state index in [1.54, 1.807) is 14.2 Å². The Morgan fingerprint density at radius 1 is 0.900 bits per heavy atom. The van der Waals surface area contributed by atoms with E-state index < -0.39 is 5.97 Å². The standard InChI is InChI=1S/C22H22N2O6/c1-27-16-8-4-14(5-9-16)21-18(12-19(25)23-13-20(26)29-3)30-24-22(21)15-6-10-17(28-2)11-7-15/h4-11H,12-13H2,1-3H3,(H,23,25). The van der Waals surface area contributed by atoms with Crippen LogP contribution in [0.2, 0.25) is 0 Å². The summed E-state index contributed by atoms with van der Waals surface area (Å²) in [5, 5.41) is 6.71. The lowest BCUT2D eigenvalue weighted by Gasteiger charge is -2.07. The molecule has 2 aromatic carbocycles. The normalized spacial score (nSPS) is 10.4. The van der Waals surface area contributed by atoms with Crippen LogP contribution in [0.1, 0.15) is 5.76 Å². The predicted molar refractivity (Wildman–Crippen MR) is 109 cm³/mol. The maximum atomic E-state index is 12.3. The number of nitrogens with one attached hydrogen (secondary N) is 1. The maximum absolute atomic E-state index is 12.3. The second-order valence-corrected chi connectivity index (χ2v) is 6.32. The molecule has 0 spiro atoms. The molecular weight excluding hydrogens is 388 g/mol. The molecule has 0 saturated heterocycles. The van der Waals surface area contributed by atoms with Gasteiger partial charge in [-0.2, -0.15) is 0 Å². The third-order valence-corrected chi connectivity index (χ3v) is 4.48. The minimum Gasteiger partial charge on any atom is -0.497 e. The van der Waals surface area contributed by atoms with Gasteiger partial charge in [-0.3, -0.25) is 9.59 Å². The van der Waals surface area contributed by atoms with Gasteiger partial charge in [-0.15, -0.1) is 0 Å². The molecule has 3 rings (SSSR count). The van der Waals surface area contributed by atoms with Gasteiger partial charge in [-0.05, 0) is 42.0 Å². The lowest BCUT2D eigenvalue weighted by atomic mass is 9.98. The number of benzene rings is 2. The zero-order valence-electron chi connectivity index (χ0n) is 16.9. The Morgan fingerprint density at radius 2 is 1.47 bits per heavy atom. The number of carbonyl (C=O) groups is 2. The van der Waals surface area contributed by atoms with E-state index in [9.17, 15) is 9.59 Å². The fourth-order valence-electron chi connectivity index (χ4n) is 2.90. The molecule has 1 heterocycles. The molecule has 8 heteroatoms. The van der Waals surface area contributed by atoms with Crippen molar-refractivity contribution in [3.63, 3.8) is 0 Å². The first-order valence-corrected chi connectivity index (χ1v) is 9.16. The molecule has 3 aromatic rings. The zero-order chi connectivity index (χ0) is 21.5. The van der Waals surface area contributed by atoms with Crippen LogP contribution in [0.3, 0.4) is 0 Å². The summed E-state index contributed by atoms with van der Waals surface area (Å²) < 4.78 is 20.5. The van der Waals surface area contributed by atoms with Gasteiger partial charge >= 0.3 is 5.97 Å². The van der Waals surface area contributed by atoms with Crippen molar-refractivity contribution in [2.45, 2.75) is 6.42 Å². The summed E-state index contributed by atoms with van der Waals surface area (Å²) in [6.45, 7) is -0.216. The smallest absolute Gasteiger partial charge is 0.325 e. The molecule has 8 nitrogen and oxygen atoms in total. The van der Waals surface area contributed by atoms with Crippen LogP contribution >= 0.6 is 0 Å². The number of hydrogen-bond acceptors (Lipinski definition) is 7. The average Bonchev–Trinajstić information content (AvgIpc) is 3.20. The molecule has 1 N–H and O–H groups in total. The van der Waals surface area contributed by atoms with Crippen LogP contribution in [0.25, 0.3) is 22.4 Å². The fourth-order valence-corrected chi connectivity index (χ4v) is 2.90. The van der Waals surface area contributed by atoms with Crippen molar-refractivity contribution in [2.24, 2.45) is 0 Å². The molecule has 0 fully saturated rings. The van der Waals surface area contributed by atoms with E-state index in [-0.39, 0.29) is 18.9 Å². The molecule has 1 amide bonds. The van der Waals surface area contributed by atoms with Gasteiger partial charge in [-0.1, -0.05) is 17.3 Å². The number of carbonyl (C=O) groups excluding carboxylic acids is 2. The van der Waals surface area contributed by atoms with E-state index in [1.807, 2.05) is 48.5 Å². The second kappa shape index (κ2) is 9.60. The molecular formula is C22H22N2O6. The monoisotopic (exact) mass is 410 g/mol. The Kier molecular flexibility index (Phi) is 6.69. The Labute approximate surface area is 173 Å². The molecule has 0 saturated carbocycles. The molecule has 0 unspecified atom stereocenters. The van der Waals surface area contributed by atoms with Crippen molar-refractivity contribution in [3.8, 4) is 33.9 Å². The third-order valence-electron chi connectivity index (χ3n) is 4.48. The SMILES string of the molecule is COC(=O)CNC(=O)Cc1onc(-c2ccc(OC)cc2)c1-c1ccc(OC)cc1. The zero-order valence-corrected chi connectivity index (χ0v) is 16.9. The molecule has 0 radical (unpaired) electrons. The summed E-state index contributed by atoms with van der Waals surface area (Å²) in [5.41, 5.74) is 2.92. The van der Waals surface area contributed by atoms with Crippen molar-refractivity contribution < 1.29 is 28.3 Å². The summed E-state index contributed by atoms with van der Waals surface area (Å²) in [6.07, 6.45) is -0.0818. The minimum absolute atomic E-state index is 0.0818. The highest BCUT2D eigenvalue weighted by molar-refractivity contribution is 5.88. The summed E-state index contributed by atoms with van der Waals surface area (Å²) >= 11 is 0. The van der Waals surface area contributed by atoms with E-state index in [0.717, 1.165) is 16.9 Å². The average molecular weight is 410 g/mol. The van der Waals surface area contributed by atoms with Gasteiger partial charge < -0.3 is 24.1 Å². The number of esters is 1. The van der Waals surface area contributed by atoms with Crippen LogP contribution in [0.4, 0.5) is 0 Å². The van der Waals surface area contributed by atoms with Crippen LogP contribution in [-0.2, 0) is 20.7 Å². The van der Waals surface area contributed by atoms with Crippen molar-refractivity contribution in [1.82, 2.24) is 10.5 Å². The number of ether oxygens (including phenoxy) is 3. The molecule has 156 valence electrons. The molecule has 0 bridgehead atoms. The first kappa shape index (κ1) is 20.9. The summed E-state index contributed by atoms with van der Waals surface area (Å²) in [5.74, 6) is 0.894. The van der Waals surface area contributed by atoms with Crippen LogP contribution in [-0.4, -0.2) is 44.9 Å². The Bertz CT molecular complexity index is 1010.